The molecule has 0 bridgehead atoms. The number of sulfone groups is 1. The van der Waals surface area contributed by atoms with Gasteiger partial charge >= 0.3 is 6.09 Å². The fourth-order valence-corrected chi connectivity index (χ4v) is 5.23. The topological polar surface area (TPSA) is 72.5 Å². The largest absolute Gasteiger partial charge is 0.412 e. The van der Waals surface area contributed by atoms with Crippen LogP contribution in [0.2, 0.25) is 0 Å². The van der Waals surface area contributed by atoms with Crippen molar-refractivity contribution in [2.24, 2.45) is 0 Å². The van der Waals surface area contributed by atoms with E-state index in [1.165, 1.54) is 11.3 Å². The summed E-state index contributed by atoms with van der Waals surface area (Å²) >= 11 is 1.34. The maximum Gasteiger partial charge on any atom is 0.412 e. The lowest BCUT2D eigenvalue weighted by molar-refractivity contribution is 0.200. The molecule has 1 heterocycles. The third-order valence-electron chi connectivity index (χ3n) is 3.69. The summed E-state index contributed by atoms with van der Waals surface area (Å²) in [5, 5.41) is 3.49. The molecule has 0 radical (unpaired) electrons. The van der Waals surface area contributed by atoms with Gasteiger partial charge in [0.15, 0.2) is 9.84 Å². The summed E-state index contributed by atoms with van der Waals surface area (Å²) in [6.45, 7) is -0.0800. The van der Waals surface area contributed by atoms with E-state index in [4.69, 9.17) is 4.74 Å². The lowest BCUT2D eigenvalue weighted by Crippen LogP contribution is -2.33. The molecule has 0 aliphatic carbocycles. The van der Waals surface area contributed by atoms with Gasteiger partial charge in [0.2, 0.25) is 0 Å². The molecule has 1 aromatic heterocycles. The van der Waals surface area contributed by atoms with Crippen LogP contribution in [0.15, 0.2) is 83.1 Å². The van der Waals surface area contributed by atoms with Crippen LogP contribution in [0, 0.1) is 0 Å². The van der Waals surface area contributed by atoms with Crippen molar-refractivity contribution in [3.63, 3.8) is 0 Å². The second-order valence-electron chi connectivity index (χ2n) is 5.45. The zero-order valence-corrected chi connectivity index (χ0v) is 15.4. The molecule has 0 aliphatic rings. The Kier molecular flexibility index (Phi) is 5.70. The molecule has 0 fully saturated rings. The maximum atomic E-state index is 13.0. The van der Waals surface area contributed by atoms with E-state index >= 15 is 0 Å². The number of hydrogen-bond acceptors (Lipinski definition) is 5. The summed E-state index contributed by atoms with van der Waals surface area (Å²) in [7, 11) is -3.65. The molecule has 5 nitrogen and oxygen atoms in total. The summed E-state index contributed by atoms with van der Waals surface area (Å²) in [4.78, 5) is 12.9. The molecule has 134 valence electrons. The number of hydrogen-bond donors (Lipinski definition) is 1. The second kappa shape index (κ2) is 8.16. The van der Waals surface area contributed by atoms with Crippen LogP contribution in [0.25, 0.3) is 0 Å². The minimum Gasteiger partial charge on any atom is -0.410 e. The van der Waals surface area contributed by atoms with E-state index in [9.17, 15) is 13.2 Å². The predicted octanol–water partition coefficient (Wildman–Crippen LogP) is 4.05. The number of benzene rings is 2. The molecule has 3 aromatic rings. The first-order valence-electron chi connectivity index (χ1n) is 7.90. The average Bonchev–Trinajstić information content (AvgIpc) is 3.17. The number of rotatable bonds is 6. The number of ether oxygens (including phenoxy) is 1. The van der Waals surface area contributed by atoms with Crippen molar-refractivity contribution in [1.82, 2.24) is 5.32 Å². The van der Waals surface area contributed by atoms with Gasteiger partial charge in [0.1, 0.15) is 11.0 Å². The lowest BCUT2D eigenvalue weighted by atomic mass is 10.3. The first kappa shape index (κ1) is 18.2. The highest BCUT2D eigenvalue weighted by Crippen LogP contribution is 2.31. The van der Waals surface area contributed by atoms with Gasteiger partial charge in [-0.1, -0.05) is 42.5 Å². The van der Waals surface area contributed by atoms with Crippen LogP contribution in [0.5, 0.6) is 5.75 Å². The van der Waals surface area contributed by atoms with E-state index in [1.54, 1.807) is 66.7 Å². The van der Waals surface area contributed by atoms with Crippen molar-refractivity contribution in [2.75, 3.05) is 6.54 Å². The quantitative estimate of drug-likeness (QED) is 0.692. The van der Waals surface area contributed by atoms with Gasteiger partial charge in [-0.05, 0) is 35.7 Å². The lowest BCUT2D eigenvalue weighted by Gasteiger charge is -2.17. The van der Waals surface area contributed by atoms with Crippen LogP contribution in [0.3, 0.4) is 0 Å². The Morgan fingerprint density at radius 2 is 1.62 bits per heavy atom. The van der Waals surface area contributed by atoms with Crippen LogP contribution >= 0.6 is 11.3 Å². The van der Waals surface area contributed by atoms with Crippen LogP contribution in [-0.4, -0.2) is 21.1 Å². The van der Waals surface area contributed by atoms with Gasteiger partial charge in [-0.25, -0.2) is 13.2 Å². The monoisotopic (exact) mass is 387 g/mol. The molecule has 26 heavy (non-hydrogen) atoms. The SMILES string of the molecule is O=C(NC[C@H](c1cccs1)S(=O)(=O)c1ccccc1)Oc1ccccc1. The van der Waals surface area contributed by atoms with Gasteiger partial charge in [-0.2, -0.15) is 0 Å². The van der Waals surface area contributed by atoms with E-state index < -0.39 is 21.2 Å². The molecular weight excluding hydrogens is 370 g/mol. The Morgan fingerprint density at radius 1 is 0.962 bits per heavy atom. The first-order valence-corrected chi connectivity index (χ1v) is 10.3. The first-order chi connectivity index (χ1) is 12.6. The zero-order valence-electron chi connectivity index (χ0n) is 13.7. The van der Waals surface area contributed by atoms with Crippen LogP contribution in [0.1, 0.15) is 10.1 Å². The molecule has 2 aromatic carbocycles. The number of carbonyl (C=O) groups is 1. The molecular formula is C19H17NO4S2. The Bertz CT molecular complexity index is 940. The van der Waals surface area contributed by atoms with Crippen molar-refractivity contribution in [1.29, 1.82) is 0 Å². The van der Waals surface area contributed by atoms with Crippen LogP contribution < -0.4 is 10.1 Å². The molecule has 3 rings (SSSR count). The molecule has 0 saturated heterocycles. The van der Waals surface area contributed by atoms with Crippen molar-refractivity contribution in [3.8, 4) is 5.75 Å². The Morgan fingerprint density at radius 3 is 2.23 bits per heavy atom. The standard InChI is InChI=1S/C19H17NO4S2/c21-19(24-15-8-3-1-4-9-15)20-14-18(17-12-7-13-25-17)26(22,23)16-10-5-2-6-11-16/h1-13,18H,14H2,(H,20,21)/t18-/m1/s1. The molecule has 0 spiro atoms. The fourth-order valence-electron chi connectivity index (χ4n) is 2.42. The molecule has 0 unspecified atom stereocenters. The number of amides is 1. The van der Waals surface area contributed by atoms with Crippen LogP contribution in [0.4, 0.5) is 4.79 Å². The summed E-state index contributed by atoms with van der Waals surface area (Å²) in [6.07, 6.45) is -0.694. The van der Waals surface area contributed by atoms with Crippen molar-refractivity contribution in [2.45, 2.75) is 10.1 Å². The van der Waals surface area contributed by atoms with Crippen LogP contribution in [-0.2, 0) is 9.84 Å². The number of nitrogens with one attached hydrogen (secondary N) is 1. The van der Waals surface area contributed by atoms with Crippen molar-refractivity contribution >= 4 is 27.3 Å². The normalized spacial score (nSPS) is 12.3. The zero-order chi connectivity index (χ0) is 18.4. The van der Waals surface area contributed by atoms with Crippen molar-refractivity contribution in [3.05, 3.63) is 83.1 Å². The van der Waals surface area contributed by atoms with Gasteiger partial charge in [-0.3, -0.25) is 0 Å². The molecule has 0 saturated carbocycles. The minimum absolute atomic E-state index is 0.0800. The molecule has 1 atom stereocenters. The van der Waals surface area contributed by atoms with E-state index in [0.29, 0.717) is 10.6 Å². The third-order valence-corrected chi connectivity index (χ3v) is 6.93. The van der Waals surface area contributed by atoms with Gasteiger partial charge in [0.25, 0.3) is 0 Å². The molecule has 1 N–H and O–H groups in total. The highest BCUT2D eigenvalue weighted by molar-refractivity contribution is 7.91. The summed E-state index contributed by atoms with van der Waals surface area (Å²) < 4.78 is 31.2. The minimum atomic E-state index is -3.65. The Hall–Kier alpha value is -2.64. The third kappa shape index (κ3) is 4.30. The predicted molar refractivity (Wildman–Crippen MR) is 101 cm³/mol. The molecule has 7 heteroatoms. The van der Waals surface area contributed by atoms with E-state index in [0.717, 1.165) is 0 Å². The maximum absolute atomic E-state index is 13.0. The summed E-state index contributed by atoms with van der Waals surface area (Å²) in [5.74, 6) is 0.392. The number of thiophene rings is 1. The van der Waals surface area contributed by atoms with E-state index in [-0.39, 0.29) is 11.4 Å². The highest BCUT2D eigenvalue weighted by atomic mass is 32.2. The van der Waals surface area contributed by atoms with Gasteiger partial charge in [-0.15, -0.1) is 11.3 Å². The average molecular weight is 387 g/mol. The highest BCUT2D eigenvalue weighted by Gasteiger charge is 2.30. The van der Waals surface area contributed by atoms with Crippen molar-refractivity contribution < 1.29 is 17.9 Å². The van der Waals surface area contributed by atoms with Gasteiger partial charge < -0.3 is 10.1 Å². The van der Waals surface area contributed by atoms with Gasteiger partial charge in [0, 0.05) is 11.4 Å². The number of carbonyl (C=O) groups excluding carboxylic acids is 1. The fraction of sp³-hybridized carbons (Fsp3) is 0.105. The summed E-state index contributed by atoms with van der Waals surface area (Å²) in [5.41, 5.74) is 0. The van der Waals surface area contributed by atoms with E-state index in [2.05, 4.69) is 5.32 Å². The van der Waals surface area contributed by atoms with Gasteiger partial charge in [0.05, 0.1) is 4.90 Å². The number of para-hydroxylation sites is 1. The Balaban J connectivity index is 1.77. The molecule has 0 aliphatic heterocycles. The molecule has 1 amide bonds. The summed E-state index contributed by atoms with van der Waals surface area (Å²) in [6, 6.07) is 20.4. The second-order valence-corrected chi connectivity index (χ2v) is 8.56. The smallest absolute Gasteiger partial charge is 0.410 e. The Labute approximate surface area is 156 Å². The van der Waals surface area contributed by atoms with E-state index in [1.807, 2.05) is 11.4 Å².